The maximum atomic E-state index is 12.5. The van der Waals surface area contributed by atoms with Crippen molar-refractivity contribution in [1.29, 1.82) is 0 Å². The molecule has 0 bridgehead atoms. The summed E-state index contributed by atoms with van der Waals surface area (Å²) in [5.74, 6) is 1.16. The Morgan fingerprint density at radius 3 is 2.89 bits per heavy atom. The normalized spacial score (nSPS) is 12.0. The molecule has 1 amide bonds. The number of carbonyl (C=O) groups is 1. The molecule has 1 unspecified atom stereocenters. The Labute approximate surface area is 163 Å². The van der Waals surface area contributed by atoms with E-state index in [2.05, 4.69) is 10.4 Å². The smallest absolute Gasteiger partial charge is 0.287 e. The SMILES string of the molecule is CCn1ncc(C(C)NC(=O)c2ccc(COc3cccc(Cl)c3)o2)c1C. The summed E-state index contributed by atoms with van der Waals surface area (Å²) in [6.45, 7) is 6.95. The van der Waals surface area contributed by atoms with Crippen LogP contribution >= 0.6 is 11.6 Å². The number of aromatic nitrogens is 2. The lowest BCUT2D eigenvalue weighted by molar-refractivity contribution is 0.0907. The summed E-state index contributed by atoms with van der Waals surface area (Å²) >= 11 is 5.93. The second-order valence-electron chi connectivity index (χ2n) is 6.21. The maximum absolute atomic E-state index is 12.5. The Kier molecular flexibility index (Phi) is 5.86. The number of ether oxygens (including phenoxy) is 1. The third-order valence-corrected chi connectivity index (χ3v) is 4.55. The van der Waals surface area contributed by atoms with Gasteiger partial charge >= 0.3 is 0 Å². The van der Waals surface area contributed by atoms with Crippen molar-refractivity contribution in [2.24, 2.45) is 0 Å². The average Bonchev–Trinajstić information content (AvgIpc) is 3.26. The van der Waals surface area contributed by atoms with Crippen LogP contribution in [0.3, 0.4) is 0 Å². The third-order valence-electron chi connectivity index (χ3n) is 4.32. The molecule has 6 nitrogen and oxygen atoms in total. The zero-order valence-electron chi connectivity index (χ0n) is 15.5. The van der Waals surface area contributed by atoms with Gasteiger partial charge in [0.1, 0.15) is 18.1 Å². The van der Waals surface area contributed by atoms with Crippen LogP contribution < -0.4 is 10.1 Å². The summed E-state index contributed by atoms with van der Waals surface area (Å²) in [7, 11) is 0. The van der Waals surface area contributed by atoms with Crippen LogP contribution in [-0.2, 0) is 13.2 Å². The molecule has 1 atom stereocenters. The van der Waals surface area contributed by atoms with Crippen molar-refractivity contribution < 1.29 is 13.9 Å². The van der Waals surface area contributed by atoms with Gasteiger partial charge in [-0.2, -0.15) is 5.10 Å². The molecular formula is C20H22ClN3O3. The van der Waals surface area contributed by atoms with Gasteiger partial charge in [-0.25, -0.2) is 0 Å². The van der Waals surface area contributed by atoms with Gasteiger partial charge in [0.25, 0.3) is 5.91 Å². The van der Waals surface area contributed by atoms with Gasteiger partial charge < -0.3 is 14.5 Å². The summed E-state index contributed by atoms with van der Waals surface area (Å²) in [6, 6.07) is 10.3. The van der Waals surface area contributed by atoms with Gasteiger partial charge in [-0.3, -0.25) is 9.48 Å². The lowest BCUT2D eigenvalue weighted by Crippen LogP contribution is -2.26. The van der Waals surface area contributed by atoms with Crippen LogP contribution in [0.15, 0.2) is 47.0 Å². The van der Waals surface area contributed by atoms with Gasteiger partial charge in [0.2, 0.25) is 0 Å². The minimum absolute atomic E-state index is 0.172. The Hall–Kier alpha value is -2.73. The quantitative estimate of drug-likeness (QED) is 0.646. The molecule has 0 spiro atoms. The summed E-state index contributed by atoms with van der Waals surface area (Å²) in [4.78, 5) is 12.5. The standard InChI is InChI=1S/C20H22ClN3O3/c1-4-24-14(3)18(11-22-24)13(2)23-20(25)19-9-8-17(27-19)12-26-16-7-5-6-15(21)10-16/h5-11,13H,4,12H2,1-3H3,(H,23,25). The molecule has 3 aromatic rings. The molecule has 0 aliphatic rings. The highest BCUT2D eigenvalue weighted by atomic mass is 35.5. The molecule has 3 rings (SSSR count). The van der Waals surface area contributed by atoms with Gasteiger partial charge in [0.15, 0.2) is 5.76 Å². The molecule has 0 fully saturated rings. The highest BCUT2D eigenvalue weighted by molar-refractivity contribution is 6.30. The predicted molar refractivity (Wildman–Crippen MR) is 103 cm³/mol. The van der Waals surface area contributed by atoms with Crippen molar-refractivity contribution in [3.63, 3.8) is 0 Å². The van der Waals surface area contributed by atoms with Gasteiger partial charge in [-0.05, 0) is 51.1 Å². The van der Waals surface area contributed by atoms with Crippen molar-refractivity contribution in [2.45, 2.75) is 40.0 Å². The van der Waals surface area contributed by atoms with Crippen LogP contribution in [0.5, 0.6) is 5.75 Å². The number of rotatable bonds is 7. The van der Waals surface area contributed by atoms with Gasteiger partial charge in [-0.1, -0.05) is 17.7 Å². The van der Waals surface area contributed by atoms with E-state index in [1.807, 2.05) is 37.6 Å². The van der Waals surface area contributed by atoms with E-state index in [0.717, 1.165) is 17.8 Å². The molecule has 2 heterocycles. The van der Waals surface area contributed by atoms with E-state index in [0.29, 0.717) is 16.5 Å². The van der Waals surface area contributed by atoms with Crippen LogP contribution in [0.2, 0.25) is 5.02 Å². The van der Waals surface area contributed by atoms with Crippen LogP contribution in [-0.4, -0.2) is 15.7 Å². The van der Waals surface area contributed by atoms with E-state index in [-0.39, 0.29) is 24.3 Å². The molecule has 1 N–H and O–H groups in total. The molecule has 27 heavy (non-hydrogen) atoms. The van der Waals surface area contributed by atoms with Crippen molar-refractivity contribution in [1.82, 2.24) is 15.1 Å². The molecule has 0 saturated carbocycles. The first kappa shape index (κ1) is 19.0. The molecule has 2 aromatic heterocycles. The molecule has 0 aliphatic heterocycles. The Balaban J connectivity index is 1.60. The molecule has 0 saturated heterocycles. The Morgan fingerprint density at radius 2 is 2.19 bits per heavy atom. The van der Waals surface area contributed by atoms with Gasteiger partial charge in [-0.15, -0.1) is 0 Å². The molecule has 0 radical (unpaired) electrons. The van der Waals surface area contributed by atoms with Crippen molar-refractivity contribution in [3.05, 3.63) is 70.4 Å². The lowest BCUT2D eigenvalue weighted by atomic mass is 10.1. The average molecular weight is 388 g/mol. The van der Waals surface area contributed by atoms with Crippen LogP contribution in [0.4, 0.5) is 0 Å². The zero-order chi connectivity index (χ0) is 19.4. The fourth-order valence-electron chi connectivity index (χ4n) is 2.84. The Bertz CT molecular complexity index is 932. The summed E-state index contributed by atoms with van der Waals surface area (Å²) in [5.41, 5.74) is 2.03. The highest BCUT2D eigenvalue weighted by Crippen LogP contribution is 2.20. The first-order valence-electron chi connectivity index (χ1n) is 8.78. The lowest BCUT2D eigenvalue weighted by Gasteiger charge is -2.13. The molecule has 1 aromatic carbocycles. The number of nitrogens with zero attached hydrogens (tertiary/aromatic N) is 2. The van der Waals surface area contributed by atoms with Crippen molar-refractivity contribution in [2.75, 3.05) is 0 Å². The first-order valence-corrected chi connectivity index (χ1v) is 9.16. The maximum Gasteiger partial charge on any atom is 0.287 e. The summed E-state index contributed by atoms with van der Waals surface area (Å²) in [5, 5.41) is 7.86. The van der Waals surface area contributed by atoms with E-state index in [1.165, 1.54) is 0 Å². The minimum atomic E-state index is -0.278. The number of hydrogen-bond acceptors (Lipinski definition) is 4. The molecule has 0 aliphatic carbocycles. The largest absolute Gasteiger partial charge is 0.486 e. The van der Waals surface area contributed by atoms with Gasteiger partial charge in [0.05, 0.1) is 12.2 Å². The number of carbonyl (C=O) groups excluding carboxylic acids is 1. The fourth-order valence-corrected chi connectivity index (χ4v) is 3.02. The highest BCUT2D eigenvalue weighted by Gasteiger charge is 2.18. The number of amides is 1. The number of nitrogens with one attached hydrogen (secondary N) is 1. The summed E-state index contributed by atoms with van der Waals surface area (Å²) in [6.07, 6.45) is 1.79. The van der Waals surface area contributed by atoms with Crippen LogP contribution in [0.25, 0.3) is 0 Å². The zero-order valence-corrected chi connectivity index (χ0v) is 16.3. The molecule has 7 heteroatoms. The third kappa shape index (κ3) is 4.52. The molecule has 142 valence electrons. The minimum Gasteiger partial charge on any atom is -0.486 e. The number of halogens is 1. The van der Waals surface area contributed by atoms with E-state index in [9.17, 15) is 4.79 Å². The van der Waals surface area contributed by atoms with E-state index >= 15 is 0 Å². The second-order valence-corrected chi connectivity index (χ2v) is 6.64. The topological polar surface area (TPSA) is 69.3 Å². The van der Waals surface area contributed by atoms with E-state index < -0.39 is 0 Å². The number of benzene rings is 1. The van der Waals surface area contributed by atoms with Gasteiger partial charge in [0, 0.05) is 22.8 Å². The molecular weight excluding hydrogens is 366 g/mol. The van der Waals surface area contributed by atoms with E-state index in [4.69, 9.17) is 20.8 Å². The van der Waals surface area contributed by atoms with Crippen LogP contribution in [0.1, 0.15) is 47.5 Å². The number of hydrogen-bond donors (Lipinski definition) is 1. The van der Waals surface area contributed by atoms with E-state index in [1.54, 1.807) is 30.5 Å². The predicted octanol–water partition coefficient (Wildman–Crippen LogP) is 4.53. The number of aryl methyl sites for hydroxylation is 1. The summed E-state index contributed by atoms with van der Waals surface area (Å²) < 4.78 is 13.1. The van der Waals surface area contributed by atoms with Crippen molar-refractivity contribution >= 4 is 17.5 Å². The Morgan fingerprint density at radius 1 is 1.37 bits per heavy atom. The first-order chi connectivity index (χ1) is 13.0. The second kappa shape index (κ2) is 8.31. The fraction of sp³-hybridized carbons (Fsp3) is 0.300. The monoisotopic (exact) mass is 387 g/mol. The number of furan rings is 1. The van der Waals surface area contributed by atoms with Crippen LogP contribution in [0, 0.1) is 6.92 Å². The van der Waals surface area contributed by atoms with Crippen molar-refractivity contribution in [3.8, 4) is 5.75 Å².